The van der Waals surface area contributed by atoms with Gasteiger partial charge in [-0.15, -0.1) is 0 Å². The molecule has 0 aliphatic heterocycles. The summed E-state index contributed by atoms with van der Waals surface area (Å²) in [5.41, 5.74) is -0.647. The first-order valence-corrected chi connectivity index (χ1v) is 14.4. The summed E-state index contributed by atoms with van der Waals surface area (Å²) in [4.78, 5) is 16.5. The van der Waals surface area contributed by atoms with Gasteiger partial charge in [-0.1, -0.05) is 68.8 Å². The van der Waals surface area contributed by atoms with E-state index in [9.17, 15) is 21.6 Å². The van der Waals surface area contributed by atoms with Crippen LogP contribution in [0.3, 0.4) is 0 Å². The van der Waals surface area contributed by atoms with Crippen LogP contribution in [0.5, 0.6) is 0 Å². The number of aromatic nitrogens is 1. The minimum atomic E-state index is -4.69. The van der Waals surface area contributed by atoms with Crippen molar-refractivity contribution in [3.05, 3.63) is 90.1 Å². The maximum Gasteiger partial charge on any atom is 0.277 e. The molecule has 0 aliphatic carbocycles. The van der Waals surface area contributed by atoms with E-state index >= 15 is 0 Å². The second kappa shape index (κ2) is 9.77. The zero-order valence-corrected chi connectivity index (χ0v) is 22.6. The Morgan fingerprint density at radius 1 is 0.838 bits per heavy atom. The van der Waals surface area contributed by atoms with Crippen molar-refractivity contribution in [2.75, 3.05) is 9.03 Å². The van der Waals surface area contributed by atoms with Crippen LogP contribution >= 0.6 is 11.6 Å². The molecule has 4 rings (SSSR count). The van der Waals surface area contributed by atoms with Crippen LogP contribution in [0, 0.1) is 5.41 Å². The number of hydrogen-bond donors (Lipinski definition) is 1. The van der Waals surface area contributed by atoms with Crippen LogP contribution in [-0.4, -0.2) is 27.7 Å². The first-order valence-electron chi connectivity index (χ1n) is 11.1. The van der Waals surface area contributed by atoms with Gasteiger partial charge in [0.25, 0.3) is 20.0 Å². The van der Waals surface area contributed by atoms with Crippen LogP contribution in [-0.2, 0) is 24.8 Å². The lowest BCUT2D eigenvalue weighted by Gasteiger charge is -2.27. The molecule has 0 spiro atoms. The largest absolute Gasteiger partial charge is 0.324 e. The predicted octanol–water partition coefficient (Wildman–Crippen LogP) is 5.46. The van der Waals surface area contributed by atoms with Crippen molar-refractivity contribution in [1.29, 1.82) is 0 Å². The maximum atomic E-state index is 13.9. The molecule has 192 valence electrons. The SMILES string of the molecule is CC(C)(C)C(=O)Nc1cc(Cl)c(N(S(=O)(=O)c2ccccc2)S(=O)(=O)c2ccccc2)c2cccnc12. The van der Waals surface area contributed by atoms with Crippen LogP contribution in [0.15, 0.2) is 94.9 Å². The summed E-state index contributed by atoms with van der Waals surface area (Å²) < 4.78 is 56.1. The number of anilines is 2. The number of carbonyl (C=O) groups is 1. The Morgan fingerprint density at radius 2 is 1.35 bits per heavy atom. The fourth-order valence-electron chi connectivity index (χ4n) is 3.54. The smallest absolute Gasteiger partial charge is 0.277 e. The third kappa shape index (κ3) is 5.04. The van der Waals surface area contributed by atoms with Crippen LogP contribution in [0.2, 0.25) is 5.02 Å². The number of halogens is 1. The molecule has 4 aromatic rings. The van der Waals surface area contributed by atoms with Gasteiger partial charge < -0.3 is 5.32 Å². The van der Waals surface area contributed by atoms with Crippen molar-refractivity contribution in [1.82, 2.24) is 4.98 Å². The van der Waals surface area contributed by atoms with Crippen molar-refractivity contribution >= 4 is 59.8 Å². The Kier molecular flexibility index (Phi) is 7.02. The number of amides is 1. The summed E-state index contributed by atoms with van der Waals surface area (Å²) in [7, 11) is -9.37. The first kappa shape index (κ1) is 26.6. The Hall–Kier alpha value is -3.47. The number of pyridine rings is 1. The van der Waals surface area contributed by atoms with E-state index in [-0.39, 0.29) is 43.0 Å². The standard InChI is InChI=1S/C26H24ClN3O5S2/c1-26(2,3)25(31)29-22-17-21(27)24(20-15-10-16-28-23(20)22)30(36(32,33)18-11-6-4-7-12-18)37(34,35)19-13-8-5-9-14-19/h4-17H,1-3H3,(H,29,31). The Bertz CT molecular complexity index is 1620. The molecule has 3 aromatic carbocycles. The molecule has 0 unspecified atom stereocenters. The minimum Gasteiger partial charge on any atom is -0.324 e. The summed E-state index contributed by atoms with van der Waals surface area (Å²) in [5.74, 6) is -0.325. The summed E-state index contributed by atoms with van der Waals surface area (Å²) in [6.45, 7) is 5.19. The second-order valence-corrected chi connectivity index (χ2v) is 13.4. The van der Waals surface area contributed by atoms with Crippen LogP contribution in [0.25, 0.3) is 10.9 Å². The molecule has 0 saturated carbocycles. The van der Waals surface area contributed by atoms with Gasteiger partial charge in [-0.25, -0.2) is 16.8 Å². The number of sulfonamides is 2. The van der Waals surface area contributed by atoms with Gasteiger partial charge in [0.05, 0.1) is 31.7 Å². The molecule has 0 aliphatic rings. The monoisotopic (exact) mass is 557 g/mol. The van der Waals surface area contributed by atoms with E-state index in [0.29, 0.717) is 3.71 Å². The fraction of sp³-hybridized carbons (Fsp3) is 0.154. The molecule has 0 saturated heterocycles. The van der Waals surface area contributed by atoms with Gasteiger partial charge in [0, 0.05) is 17.0 Å². The van der Waals surface area contributed by atoms with Gasteiger partial charge in [0.1, 0.15) is 0 Å². The normalized spacial score (nSPS) is 12.3. The second-order valence-electron chi connectivity index (χ2n) is 9.19. The van der Waals surface area contributed by atoms with Gasteiger partial charge >= 0.3 is 0 Å². The van der Waals surface area contributed by atoms with E-state index in [1.165, 1.54) is 72.9 Å². The highest BCUT2D eigenvalue weighted by atomic mass is 35.5. The zero-order chi connectivity index (χ0) is 27.0. The lowest BCUT2D eigenvalue weighted by Crippen LogP contribution is -2.37. The molecule has 37 heavy (non-hydrogen) atoms. The molecule has 1 aromatic heterocycles. The van der Waals surface area contributed by atoms with Crippen LogP contribution in [0.4, 0.5) is 11.4 Å². The van der Waals surface area contributed by atoms with Crippen molar-refractivity contribution in [2.45, 2.75) is 30.6 Å². The van der Waals surface area contributed by atoms with Crippen molar-refractivity contribution in [3.8, 4) is 0 Å². The number of nitrogens with one attached hydrogen (secondary N) is 1. The van der Waals surface area contributed by atoms with Crippen molar-refractivity contribution in [3.63, 3.8) is 0 Å². The molecule has 0 fully saturated rings. The number of hydrogen-bond acceptors (Lipinski definition) is 6. The van der Waals surface area contributed by atoms with Gasteiger partial charge in [-0.2, -0.15) is 3.71 Å². The van der Waals surface area contributed by atoms with E-state index in [1.54, 1.807) is 32.9 Å². The van der Waals surface area contributed by atoms with Gasteiger partial charge in [-0.05, 0) is 42.5 Å². The van der Waals surface area contributed by atoms with E-state index in [2.05, 4.69) is 10.3 Å². The Morgan fingerprint density at radius 3 is 1.84 bits per heavy atom. The van der Waals surface area contributed by atoms with E-state index in [0.717, 1.165) is 0 Å². The highest BCUT2D eigenvalue weighted by molar-refractivity contribution is 8.10. The molecular formula is C26H24ClN3O5S2. The average Bonchev–Trinajstić information content (AvgIpc) is 2.86. The summed E-state index contributed by atoms with van der Waals surface area (Å²) in [6.07, 6.45) is 1.45. The molecular weight excluding hydrogens is 534 g/mol. The van der Waals surface area contributed by atoms with E-state index in [1.807, 2.05) is 0 Å². The topological polar surface area (TPSA) is 114 Å². The van der Waals surface area contributed by atoms with E-state index < -0.39 is 25.5 Å². The van der Waals surface area contributed by atoms with Gasteiger partial charge in [-0.3, -0.25) is 9.78 Å². The third-order valence-electron chi connectivity index (χ3n) is 5.45. The van der Waals surface area contributed by atoms with Gasteiger partial charge in [0.15, 0.2) is 0 Å². The predicted molar refractivity (Wildman–Crippen MR) is 145 cm³/mol. The summed E-state index contributed by atoms with van der Waals surface area (Å²) in [5, 5.41) is 2.69. The lowest BCUT2D eigenvalue weighted by molar-refractivity contribution is -0.123. The fourth-order valence-corrected chi connectivity index (χ4v) is 7.74. The van der Waals surface area contributed by atoms with Crippen LogP contribution in [0.1, 0.15) is 20.8 Å². The summed E-state index contributed by atoms with van der Waals surface area (Å²) >= 11 is 6.64. The third-order valence-corrected chi connectivity index (χ3v) is 9.89. The Labute approximate surface area is 221 Å². The lowest BCUT2D eigenvalue weighted by atomic mass is 9.95. The highest BCUT2D eigenvalue weighted by Gasteiger charge is 2.39. The molecule has 1 N–H and O–H groups in total. The maximum absolute atomic E-state index is 13.9. The average molecular weight is 558 g/mol. The zero-order valence-electron chi connectivity index (χ0n) is 20.2. The first-order chi connectivity index (χ1) is 17.3. The number of fused-ring (bicyclic) bond motifs is 1. The Balaban J connectivity index is 2.06. The number of rotatable bonds is 6. The number of carbonyl (C=O) groups excluding carboxylic acids is 1. The minimum absolute atomic E-state index is 0.123. The molecule has 0 bridgehead atoms. The van der Waals surface area contributed by atoms with Crippen molar-refractivity contribution in [2.24, 2.45) is 5.41 Å². The number of nitrogens with zero attached hydrogens (tertiary/aromatic N) is 2. The molecule has 1 amide bonds. The molecule has 11 heteroatoms. The quantitative estimate of drug-likeness (QED) is 0.337. The highest BCUT2D eigenvalue weighted by Crippen LogP contribution is 2.43. The molecule has 0 radical (unpaired) electrons. The molecule has 0 atom stereocenters. The summed E-state index contributed by atoms with van der Waals surface area (Å²) in [6, 6.07) is 18.8. The number of benzene rings is 3. The van der Waals surface area contributed by atoms with E-state index in [4.69, 9.17) is 11.6 Å². The van der Waals surface area contributed by atoms with Crippen molar-refractivity contribution < 1.29 is 21.6 Å². The molecule has 8 nitrogen and oxygen atoms in total. The molecule has 1 heterocycles. The van der Waals surface area contributed by atoms with Crippen LogP contribution < -0.4 is 9.03 Å². The van der Waals surface area contributed by atoms with Gasteiger partial charge in [0.2, 0.25) is 5.91 Å².